The van der Waals surface area contributed by atoms with Gasteiger partial charge in [0.15, 0.2) is 0 Å². The highest BCUT2D eigenvalue weighted by Crippen LogP contribution is 2.19. The molecular weight excluding hydrogens is 735 g/mol. The predicted molar refractivity (Wildman–Crippen MR) is 243 cm³/mol. The second kappa shape index (κ2) is 42.4. The van der Waals surface area contributed by atoms with Gasteiger partial charge in [-0.1, -0.05) is 148 Å². The van der Waals surface area contributed by atoms with Gasteiger partial charge in [-0.2, -0.15) is 8.42 Å². The maximum Gasteiger partial charge on any atom is 0.394 e. The van der Waals surface area contributed by atoms with Crippen LogP contribution in [0.4, 0.5) is 0 Å². The molecule has 0 aliphatic carbocycles. The van der Waals surface area contributed by atoms with Gasteiger partial charge in [0, 0.05) is 32.4 Å². The number of quaternary nitrogens is 1. The number of rotatable bonds is 40. The number of hydrogen-bond acceptors (Lipinski definition) is 5. The van der Waals surface area contributed by atoms with E-state index in [1.807, 2.05) is 0 Å². The quantitative estimate of drug-likeness (QED) is 0.0140. The van der Waals surface area contributed by atoms with Crippen molar-refractivity contribution in [1.82, 2.24) is 5.32 Å². The molecule has 0 fully saturated rings. The van der Waals surface area contributed by atoms with Crippen molar-refractivity contribution in [1.29, 1.82) is 0 Å². The first kappa shape index (κ1) is 57.3. The average Bonchev–Trinajstić information content (AvgIpc) is 3.17. The van der Waals surface area contributed by atoms with Crippen molar-refractivity contribution < 1.29 is 31.9 Å². The molecule has 1 amide bonds. The van der Waals surface area contributed by atoms with Gasteiger partial charge in [0.1, 0.15) is 0 Å². The Labute approximate surface area is 353 Å². The number of carbonyl (C=O) groups excluding carboxylic acids is 1. The van der Waals surface area contributed by atoms with E-state index in [2.05, 4.69) is 69.4 Å². The van der Waals surface area contributed by atoms with E-state index in [0.29, 0.717) is 25.4 Å². The third-order valence-electron chi connectivity index (χ3n) is 11.3. The van der Waals surface area contributed by atoms with Crippen LogP contribution in [0.15, 0.2) is 29.3 Å². The number of unbranched alkanes of at least 4 members (excludes halogenated alkanes) is 22. The van der Waals surface area contributed by atoms with Gasteiger partial charge in [-0.3, -0.25) is 13.9 Å². The van der Waals surface area contributed by atoms with Crippen molar-refractivity contribution in [2.24, 2.45) is 4.99 Å². The molecule has 57 heavy (non-hydrogen) atoms. The summed E-state index contributed by atoms with van der Waals surface area (Å²) in [6, 6.07) is 0.493. The van der Waals surface area contributed by atoms with Crippen LogP contribution in [0.2, 0.25) is 0 Å². The summed E-state index contributed by atoms with van der Waals surface area (Å²) >= 11 is 0. The Kier molecular flexibility index (Phi) is 42.6. The van der Waals surface area contributed by atoms with E-state index in [4.69, 9.17) is 17.5 Å². The zero-order valence-corrected chi connectivity index (χ0v) is 38.8. The van der Waals surface area contributed by atoms with Crippen LogP contribution in [0.5, 0.6) is 0 Å². The van der Waals surface area contributed by atoms with Crippen molar-refractivity contribution in [2.75, 3.05) is 33.2 Å². The molecule has 0 aromatic rings. The smallest absolute Gasteiger partial charge is 0.394 e. The normalized spacial score (nSPS) is 13.8. The Balaban J connectivity index is 0. The first-order valence-electron chi connectivity index (χ1n) is 23.7. The summed E-state index contributed by atoms with van der Waals surface area (Å²) in [4.78, 5) is 16.9. The maximum absolute atomic E-state index is 12.4. The van der Waals surface area contributed by atoms with E-state index in [0.717, 1.165) is 69.1 Å². The molecule has 2 atom stereocenters. The number of amides is 1. The van der Waals surface area contributed by atoms with Crippen LogP contribution in [0.3, 0.4) is 0 Å². The second-order valence-corrected chi connectivity index (χ2v) is 17.4. The molecular formula is C47H93N3O6S. The fraction of sp³-hybridized carbons (Fsp3) is 0.872. The molecule has 0 rings (SSSR count). The molecule has 0 heterocycles. The minimum atomic E-state index is -4.67. The van der Waals surface area contributed by atoms with Crippen LogP contribution in [0.25, 0.3) is 0 Å². The molecule has 0 spiro atoms. The van der Waals surface area contributed by atoms with Gasteiger partial charge < -0.3 is 19.9 Å². The summed E-state index contributed by atoms with van der Waals surface area (Å²) in [5.74, 6) is 0.297. The van der Waals surface area contributed by atoms with E-state index in [9.17, 15) is 9.90 Å². The number of carbonyl (C=O) groups is 1. The number of aliphatic imine (C=N–C) groups is 1. The summed E-state index contributed by atoms with van der Waals surface area (Å²) in [5.41, 5.74) is 0. The molecule has 2 unspecified atom stereocenters. The molecule has 0 saturated carbocycles. The zero-order valence-electron chi connectivity index (χ0n) is 38.0. The fourth-order valence-electron chi connectivity index (χ4n) is 7.43. The van der Waals surface area contributed by atoms with Crippen molar-refractivity contribution >= 4 is 22.2 Å². The number of nitrogens with zero attached hydrogens (tertiary/aromatic N) is 2. The Bertz CT molecular complexity index is 1070. The lowest BCUT2D eigenvalue weighted by Gasteiger charge is -2.41. The highest BCUT2D eigenvalue weighted by atomic mass is 32.3. The zero-order chi connectivity index (χ0) is 42.7. The lowest BCUT2D eigenvalue weighted by Crippen LogP contribution is -2.53. The monoisotopic (exact) mass is 828 g/mol. The number of hydrogen-bond donors (Lipinski definition) is 3. The van der Waals surface area contributed by atoms with Crippen molar-refractivity contribution in [3.63, 3.8) is 0 Å². The Morgan fingerprint density at radius 2 is 1.02 bits per heavy atom. The lowest BCUT2D eigenvalue weighted by atomic mass is 10.1. The second-order valence-electron chi connectivity index (χ2n) is 16.5. The molecule has 338 valence electrons. The van der Waals surface area contributed by atoms with Gasteiger partial charge in [-0.15, -0.1) is 0 Å². The van der Waals surface area contributed by atoms with Crippen LogP contribution < -0.4 is 10.4 Å². The fourth-order valence-corrected chi connectivity index (χ4v) is 7.43. The van der Waals surface area contributed by atoms with Crippen LogP contribution in [-0.2, 0) is 15.2 Å². The first-order valence-corrected chi connectivity index (χ1v) is 25.1. The topological polar surface area (TPSA) is 139 Å². The molecule has 0 aromatic heterocycles. The van der Waals surface area contributed by atoms with Gasteiger partial charge in [0.2, 0.25) is 5.91 Å². The molecule has 9 nitrogen and oxygen atoms in total. The van der Waals surface area contributed by atoms with Crippen molar-refractivity contribution in [3.8, 4) is 0 Å². The molecule has 0 saturated heterocycles. The molecule has 0 radical (unpaired) electrons. The van der Waals surface area contributed by atoms with Crippen LogP contribution in [0.1, 0.15) is 227 Å². The molecule has 0 bridgehead atoms. The highest BCUT2D eigenvalue weighted by molar-refractivity contribution is 7.79. The van der Waals surface area contributed by atoms with Crippen LogP contribution in [0, 0.1) is 0 Å². The average molecular weight is 828 g/mol. The minimum absolute atomic E-state index is 0.0899. The summed E-state index contributed by atoms with van der Waals surface area (Å²) in [7, 11) is -2.32. The summed E-state index contributed by atoms with van der Waals surface area (Å²) < 4.78 is 32.6. The van der Waals surface area contributed by atoms with E-state index < -0.39 is 10.4 Å². The Morgan fingerprint density at radius 1 is 0.632 bits per heavy atom. The van der Waals surface area contributed by atoms with Gasteiger partial charge in [0.05, 0.1) is 26.2 Å². The lowest BCUT2D eigenvalue weighted by molar-refractivity contribution is -0.932. The first-order chi connectivity index (χ1) is 27.4. The largest absolute Gasteiger partial charge is 0.862 e. The molecule has 0 aliphatic rings. The summed E-state index contributed by atoms with van der Waals surface area (Å²) in [5, 5.41) is 15.6. The van der Waals surface area contributed by atoms with E-state index >= 15 is 0 Å². The van der Waals surface area contributed by atoms with E-state index in [1.165, 1.54) is 141 Å². The summed E-state index contributed by atoms with van der Waals surface area (Å²) in [6.07, 6.45) is 47.0. The highest BCUT2D eigenvalue weighted by Gasteiger charge is 2.28. The molecule has 0 aromatic carbocycles. The summed E-state index contributed by atoms with van der Waals surface area (Å²) in [6.45, 7) is 12.6. The standard InChI is InChI=1S/C47H91N3O2.H2O4S/c1-6-10-12-14-16-18-20-22-24-26-28-30-32-34-36-39-46(51)48-42-38-44-50(5,9-4)45(8-3)41-43-49-47(52)40-37-35-33-31-29-27-25-23-21-19-17-15-13-11-7-2;1-5(2,3)4/h22-25,45H,6-21,26-44H2,1-5H3,(H-,48,49,51,52);(H2,1,2,3,4)/b24-22-,25-23-;. The van der Waals surface area contributed by atoms with E-state index in [-0.39, 0.29) is 11.8 Å². The molecule has 0 aliphatic heterocycles. The third kappa shape index (κ3) is 45.2. The SMILES string of the molecule is CCCCCCCC/C=C\CCCCCCCC(=O)NCCC[N+](C)(CC)C(CC)CCN=C([O-])CCCCCCC/C=C\CCCCCCCC.O=S(=O)(O)O. The van der Waals surface area contributed by atoms with Crippen LogP contribution >= 0.6 is 0 Å². The number of nitrogens with one attached hydrogen (secondary N) is 1. The van der Waals surface area contributed by atoms with Gasteiger partial charge in [-0.05, 0) is 89.9 Å². The van der Waals surface area contributed by atoms with Gasteiger partial charge in [-0.25, -0.2) is 0 Å². The molecule has 3 N–H and O–H groups in total. The van der Waals surface area contributed by atoms with Gasteiger partial charge in [0.25, 0.3) is 0 Å². The maximum atomic E-state index is 12.4. The Hall–Kier alpha value is -1.75. The predicted octanol–water partition coefficient (Wildman–Crippen LogP) is 12.3. The van der Waals surface area contributed by atoms with Crippen LogP contribution in [-0.4, -0.2) is 73.1 Å². The van der Waals surface area contributed by atoms with Crippen molar-refractivity contribution in [3.05, 3.63) is 24.3 Å². The van der Waals surface area contributed by atoms with E-state index in [1.54, 1.807) is 0 Å². The van der Waals surface area contributed by atoms with Crippen molar-refractivity contribution in [2.45, 2.75) is 233 Å². The minimum Gasteiger partial charge on any atom is -0.862 e. The Morgan fingerprint density at radius 3 is 1.42 bits per heavy atom. The van der Waals surface area contributed by atoms with Gasteiger partial charge >= 0.3 is 10.4 Å². The third-order valence-corrected chi connectivity index (χ3v) is 11.3. The molecule has 10 heteroatoms. The number of allylic oxidation sites excluding steroid dienone is 4.